The van der Waals surface area contributed by atoms with E-state index in [9.17, 15) is 5.26 Å². The molecule has 1 heterocycles. The van der Waals surface area contributed by atoms with Crippen molar-refractivity contribution in [2.24, 2.45) is 0 Å². The summed E-state index contributed by atoms with van der Waals surface area (Å²) >= 11 is 0. The Morgan fingerprint density at radius 3 is 2.95 bits per heavy atom. The standard InChI is InChI=1S/C17H26N4/c1-14(2)20-17(13-18)9-7-16(12-17)21(3)11-8-15-6-4-5-10-19-15/h4-6,10,14,16,20H,7-9,11-12H2,1-3H3. The molecule has 4 heteroatoms. The number of pyridine rings is 1. The van der Waals surface area contributed by atoms with Gasteiger partial charge in [0.2, 0.25) is 0 Å². The van der Waals surface area contributed by atoms with E-state index >= 15 is 0 Å². The molecule has 0 aromatic carbocycles. The lowest BCUT2D eigenvalue weighted by Crippen LogP contribution is -2.47. The van der Waals surface area contributed by atoms with E-state index in [0.29, 0.717) is 12.1 Å². The maximum atomic E-state index is 9.53. The van der Waals surface area contributed by atoms with Crippen molar-refractivity contribution < 1.29 is 0 Å². The lowest BCUT2D eigenvalue weighted by Gasteiger charge is -2.28. The van der Waals surface area contributed by atoms with Gasteiger partial charge in [-0.1, -0.05) is 6.07 Å². The van der Waals surface area contributed by atoms with E-state index in [1.165, 1.54) is 0 Å². The molecule has 2 atom stereocenters. The first kappa shape index (κ1) is 15.9. The smallest absolute Gasteiger partial charge is 0.108 e. The first-order valence-electron chi connectivity index (χ1n) is 7.84. The van der Waals surface area contributed by atoms with Crippen molar-refractivity contribution in [2.75, 3.05) is 13.6 Å². The Bertz CT molecular complexity index is 479. The van der Waals surface area contributed by atoms with Gasteiger partial charge in [0, 0.05) is 36.9 Å². The molecular weight excluding hydrogens is 260 g/mol. The van der Waals surface area contributed by atoms with E-state index in [1.54, 1.807) is 0 Å². The van der Waals surface area contributed by atoms with Crippen LogP contribution in [0.15, 0.2) is 24.4 Å². The van der Waals surface area contributed by atoms with Gasteiger partial charge in [0.25, 0.3) is 0 Å². The number of likely N-dealkylation sites (N-methyl/N-ethyl adjacent to an activating group) is 1. The molecule has 0 radical (unpaired) electrons. The van der Waals surface area contributed by atoms with E-state index in [-0.39, 0.29) is 5.54 Å². The molecule has 21 heavy (non-hydrogen) atoms. The minimum Gasteiger partial charge on any atom is -0.303 e. The highest BCUT2D eigenvalue weighted by atomic mass is 15.1. The Morgan fingerprint density at radius 1 is 1.52 bits per heavy atom. The molecule has 0 saturated heterocycles. The van der Waals surface area contributed by atoms with Gasteiger partial charge in [0.15, 0.2) is 0 Å². The molecule has 2 unspecified atom stereocenters. The van der Waals surface area contributed by atoms with Crippen molar-refractivity contribution in [1.29, 1.82) is 5.26 Å². The van der Waals surface area contributed by atoms with Gasteiger partial charge in [-0.15, -0.1) is 0 Å². The van der Waals surface area contributed by atoms with E-state index < -0.39 is 0 Å². The molecule has 1 aliphatic carbocycles. The highest BCUT2D eigenvalue weighted by Crippen LogP contribution is 2.32. The summed E-state index contributed by atoms with van der Waals surface area (Å²) in [6.45, 7) is 5.21. The second-order valence-corrected chi connectivity index (χ2v) is 6.44. The molecule has 4 nitrogen and oxygen atoms in total. The molecule has 1 N–H and O–H groups in total. The van der Waals surface area contributed by atoms with Gasteiger partial charge in [-0.3, -0.25) is 10.3 Å². The lowest BCUT2D eigenvalue weighted by molar-refractivity contribution is 0.236. The highest BCUT2D eigenvalue weighted by molar-refractivity contribution is 5.14. The molecule has 2 rings (SSSR count). The van der Waals surface area contributed by atoms with Crippen LogP contribution in [0.5, 0.6) is 0 Å². The summed E-state index contributed by atoms with van der Waals surface area (Å²) in [4.78, 5) is 6.75. The Hall–Kier alpha value is -1.44. The number of hydrogen-bond acceptors (Lipinski definition) is 4. The molecule has 114 valence electrons. The summed E-state index contributed by atoms with van der Waals surface area (Å²) in [6, 6.07) is 9.40. The predicted octanol–water partition coefficient (Wildman–Crippen LogP) is 2.37. The molecule has 0 bridgehead atoms. The average molecular weight is 286 g/mol. The quantitative estimate of drug-likeness (QED) is 0.872. The van der Waals surface area contributed by atoms with Crippen molar-refractivity contribution in [3.05, 3.63) is 30.1 Å². The van der Waals surface area contributed by atoms with E-state index in [2.05, 4.69) is 48.2 Å². The molecule has 0 spiro atoms. The van der Waals surface area contributed by atoms with Gasteiger partial charge in [-0.25, -0.2) is 0 Å². The summed E-state index contributed by atoms with van der Waals surface area (Å²) in [5, 5.41) is 13.0. The predicted molar refractivity (Wildman–Crippen MR) is 84.8 cm³/mol. The minimum absolute atomic E-state index is 0.335. The Kier molecular flexibility index (Phi) is 5.33. The van der Waals surface area contributed by atoms with Crippen LogP contribution in [-0.4, -0.2) is 41.1 Å². The molecule has 1 saturated carbocycles. The van der Waals surface area contributed by atoms with Crippen LogP contribution < -0.4 is 5.32 Å². The first-order chi connectivity index (χ1) is 10.0. The SMILES string of the molecule is CC(C)NC1(C#N)CCC(N(C)CCc2ccccn2)C1. The summed E-state index contributed by atoms with van der Waals surface area (Å²) in [5.74, 6) is 0. The fraction of sp³-hybridized carbons (Fsp3) is 0.647. The van der Waals surface area contributed by atoms with Gasteiger partial charge >= 0.3 is 0 Å². The Balaban J connectivity index is 1.87. The van der Waals surface area contributed by atoms with Gasteiger partial charge in [-0.05, 0) is 52.3 Å². The lowest BCUT2D eigenvalue weighted by atomic mass is 9.98. The van der Waals surface area contributed by atoms with Crippen molar-refractivity contribution in [2.45, 2.75) is 57.2 Å². The third-order valence-corrected chi connectivity index (χ3v) is 4.34. The van der Waals surface area contributed by atoms with Crippen LogP contribution >= 0.6 is 0 Å². The number of rotatable bonds is 6. The Morgan fingerprint density at radius 2 is 2.33 bits per heavy atom. The second kappa shape index (κ2) is 7.02. The van der Waals surface area contributed by atoms with Crippen molar-refractivity contribution in [3.63, 3.8) is 0 Å². The maximum absolute atomic E-state index is 9.53. The number of aromatic nitrogens is 1. The van der Waals surface area contributed by atoms with Crippen molar-refractivity contribution in [1.82, 2.24) is 15.2 Å². The highest BCUT2D eigenvalue weighted by Gasteiger charge is 2.40. The number of hydrogen-bond donors (Lipinski definition) is 1. The fourth-order valence-electron chi connectivity index (χ4n) is 3.23. The van der Waals surface area contributed by atoms with Gasteiger partial charge in [-0.2, -0.15) is 5.26 Å². The number of nitrogens with one attached hydrogen (secondary N) is 1. The van der Waals surface area contributed by atoms with E-state index in [4.69, 9.17) is 0 Å². The van der Waals surface area contributed by atoms with Crippen LogP contribution in [0.25, 0.3) is 0 Å². The summed E-state index contributed by atoms with van der Waals surface area (Å²) in [6.07, 6.45) is 5.76. The van der Waals surface area contributed by atoms with Gasteiger partial charge < -0.3 is 4.90 Å². The second-order valence-electron chi connectivity index (χ2n) is 6.44. The molecule has 0 amide bonds. The summed E-state index contributed by atoms with van der Waals surface area (Å²) < 4.78 is 0. The molecule has 1 aliphatic rings. The minimum atomic E-state index is -0.335. The van der Waals surface area contributed by atoms with Crippen molar-refractivity contribution >= 4 is 0 Å². The van der Waals surface area contributed by atoms with Crippen LogP contribution in [0.1, 0.15) is 38.8 Å². The number of nitrogens with zero attached hydrogens (tertiary/aromatic N) is 3. The molecular formula is C17H26N4. The fourth-order valence-corrected chi connectivity index (χ4v) is 3.23. The first-order valence-corrected chi connectivity index (χ1v) is 7.84. The third kappa shape index (κ3) is 4.26. The summed E-state index contributed by atoms with van der Waals surface area (Å²) in [7, 11) is 2.16. The van der Waals surface area contributed by atoms with Gasteiger partial charge in [0.05, 0.1) is 6.07 Å². The summed E-state index contributed by atoms with van der Waals surface area (Å²) in [5.41, 5.74) is 0.798. The van der Waals surface area contributed by atoms with Crippen LogP contribution in [0, 0.1) is 11.3 Å². The number of nitriles is 1. The van der Waals surface area contributed by atoms with Crippen LogP contribution in [-0.2, 0) is 6.42 Å². The largest absolute Gasteiger partial charge is 0.303 e. The molecule has 1 fully saturated rings. The van der Waals surface area contributed by atoms with Gasteiger partial charge in [0.1, 0.15) is 5.54 Å². The van der Waals surface area contributed by atoms with E-state index in [0.717, 1.165) is 37.9 Å². The molecule has 1 aromatic heterocycles. The normalized spacial score (nSPS) is 25.4. The topological polar surface area (TPSA) is 52.0 Å². The van der Waals surface area contributed by atoms with Crippen LogP contribution in [0.3, 0.4) is 0 Å². The van der Waals surface area contributed by atoms with Crippen LogP contribution in [0.4, 0.5) is 0 Å². The van der Waals surface area contributed by atoms with Crippen LogP contribution in [0.2, 0.25) is 0 Å². The monoisotopic (exact) mass is 286 g/mol. The zero-order valence-corrected chi connectivity index (χ0v) is 13.3. The zero-order valence-electron chi connectivity index (χ0n) is 13.3. The zero-order chi connectivity index (χ0) is 15.3. The average Bonchev–Trinajstić information content (AvgIpc) is 2.90. The Labute approximate surface area is 128 Å². The maximum Gasteiger partial charge on any atom is 0.108 e. The molecule has 1 aromatic rings. The molecule has 0 aliphatic heterocycles. The third-order valence-electron chi connectivity index (χ3n) is 4.34. The van der Waals surface area contributed by atoms with E-state index in [1.807, 2.05) is 18.3 Å². The van der Waals surface area contributed by atoms with Crippen molar-refractivity contribution in [3.8, 4) is 6.07 Å².